The smallest absolute Gasteiger partial charge is 0.261 e. The Labute approximate surface area is 207 Å². The van der Waals surface area contributed by atoms with Gasteiger partial charge in [0.1, 0.15) is 17.2 Å². The highest BCUT2D eigenvalue weighted by Crippen LogP contribution is 2.46. The molecule has 0 bridgehead atoms. The number of nitrogens with one attached hydrogen (secondary N) is 1. The third-order valence-corrected chi connectivity index (χ3v) is 7.53. The molecule has 0 spiro atoms. The van der Waals surface area contributed by atoms with E-state index in [1.807, 2.05) is 24.3 Å². The van der Waals surface area contributed by atoms with E-state index in [0.717, 1.165) is 5.39 Å². The van der Waals surface area contributed by atoms with Crippen LogP contribution in [0.15, 0.2) is 89.8 Å². The minimum Gasteiger partial charge on any atom is -0.507 e. The first-order valence-corrected chi connectivity index (χ1v) is 12.5. The summed E-state index contributed by atoms with van der Waals surface area (Å²) in [6.07, 6.45) is 0. The molecule has 6 nitrogen and oxygen atoms in total. The topological polar surface area (TPSA) is 95.9 Å². The monoisotopic (exact) mass is 505 g/mol. The molecule has 0 saturated carbocycles. The maximum Gasteiger partial charge on any atom is 0.261 e. The molecule has 0 aliphatic rings. The van der Waals surface area contributed by atoms with Gasteiger partial charge in [-0.05, 0) is 41.1 Å². The van der Waals surface area contributed by atoms with Crippen molar-refractivity contribution >= 4 is 48.9 Å². The highest BCUT2D eigenvalue weighted by molar-refractivity contribution is 7.92. The molecule has 5 aromatic carbocycles. The Balaban J connectivity index is 1.73. The van der Waals surface area contributed by atoms with Crippen LogP contribution in [0, 0.1) is 0 Å². The standard InChI is InChI=1S/C27H20ClNO5S/c1-34-25-13-11-17(14-22(25)28)35(32,33)29-23-15-21(27(31)20-9-5-4-8-19(20)23)26-18-7-3-2-6-16(18)10-12-24(26)30/h2-15,29-31H,1H3. The number of anilines is 1. The van der Waals surface area contributed by atoms with Crippen LogP contribution in [0.4, 0.5) is 5.69 Å². The van der Waals surface area contributed by atoms with Crippen LogP contribution in [0.3, 0.4) is 0 Å². The summed E-state index contributed by atoms with van der Waals surface area (Å²) in [4.78, 5) is -0.0463. The highest BCUT2D eigenvalue weighted by Gasteiger charge is 2.22. The normalized spacial score (nSPS) is 11.6. The summed E-state index contributed by atoms with van der Waals surface area (Å²) in [6, 6.07) is 23.4. The molecule has 0 fully saturated rings. The van der Waals surface area contributed by atoms with Crippen LogP contribution in [0.1, 0.15) is 0 Å². The fraction of sp³-hybridized carbons (Fsp3) is 0.0370. The van der Waals surface area contributed by atoms with Gasteiger partial charge in [0.15, 0.2) is 0 Å². The van der Waals surface area contributed by atoms with Gasteiger partial charge in [0, 0.05) is 21.9 Å². The van der Waals surface area contributed by atoms with E-state index < -0.39 is 10.0 Å². The molecule has 0 radical (unpaired) electrons. The molecular weight excluding hydrogens is 486 g/mol. The van der Waals surface area contributed by atoms with Gasteiger partial charge in [-0.2, -0.15) is 0 Å². The molecule has 5 aromatic rings. The highest BCUT2D eigenvalue weighted by atomic mass is 35.5. The number of phenols is 2. The lowest BCUT2D eigenvalue weighted by atomic mass is 9.93. The van der Waals surface area contributed by atoms with E-state index in [1.54, 1.807) is 36.4 Å². The quantitative estimate of drug-likeness (QED) is 0.236. The van der Waals surface area contributed by atoms with Crippen LogP contribution in [0.5, 0.6) is 17.2 Å². The Bertz CT molecular complexity index is 1720. The van der Waals surface area contributed by atoms with Crippen molar-refractivity contribution in [2.24, 2.45) is 0 Å². The van der Waals surface area contributed by atoms with E-state index in [-0.39, 0.29) is 27.1 Å². The van der Waals surface area contributed by atoms with E-state index in [0.29, 0.717) is 33.0 Å². The average molecular weight is 506 g/mol. The lowest BCUT2D eigenvalue weighted by Gasteiger charge is -2.17. The second kappa shape index (κ2) is 8.69. The van der Waals surface area contributed by atoms with Crippen molar-refractivity contribution in [3.05, 3.63) is 90.0 Å². The maximum atomic E-state index is 13.3. The predicted molar refractivity (Wildman–Crippen MR) is 139 cm³/mol. The van der Waals surface area contributed by atoms with E-state index in [4.69, 9.17) is 16.3 Å². The second-order valence-electron chi connectivity index (χ2n) is 7.95. The number of sulfonamides is 1. The Morgan fingerprint density at radius 3 is 2.23 bits per heavy atom. The Kier molecular flexibility index (Phi) is 5.67. The first kappa shape index (κ1) is 22.8. The zero-order valence-electron chi connectivity index (χ0n) is 18.5. The van der Waals surface area contributed by atoms with E-state index >= 15 is 0 Å². The molecule has 0 heterocycles. The summed E-state index contributed by atoms with van der Waals surface area (Å²) in [7, 11) is -2.61. The number of hydrogen-bond donors (Lipinski definition) is 3. The number of rotatable bonds is 5. The van der Waals surface area contributed by atoms with E-state index in [2.05, 4.69) is 4.72 Å². The predicted octanol–water partition coefficient (Wildman–Crippen LogP) is 6.53. The first-order chi connectivity index (χ1) is 16.8. The number of aromatic hydroxyl groups is 2. The summed E-state index contributed by atoms with van der Waals surface area (Å²) >= 11 is 6.15. The summed E-state index contributed by atoms with van der Waals surface area (Å²) in [5.41, 5.74) is 0.940. The molecular formula is C27H20ClNO5S. The van der Waals surface area contributed by atoms with Crippen molar-refractivity contribution in [1.29, 1.82) is 0 Å². The zero-order valence-corrected chi connectivity index (χ0v) is 20.1. The minimum absolute atomic E-state index is 0.0370. The molecule has 8 heteroatoms. The zero-order chi connectivity index (χ0) is 24.7. The fourth-order valence-corrected chi connectivity index (χ4v) is 5.61. The lowest BCUT2D eigenvalue weighted by Crippen LogP contribution is -2.13. The Hall–Kier alpha value is -3.94. The average Bonchev–Trinajstić information content (AvgIpc) is 2.86. The number of fused-ring (bicyclic) bond motifs is 2. The molecule has 0 amide bonds. The first-order valence-electron chi connectivity index (χ1n) is 10.6. The van der Waals surface area contributed by atoms with Gasteiger partial charge in [-0.15, -0.1) is 0 Å². The third-order valence-electron chi connectivity index (χ3n) is 5.87. The van der Waals surface area contributed by atoms with Crippen LogP contribution in [-0.2, 0) is 10.0 Å². The molecule has 0 aliphatic heterocycles. The summed E-state index contributed by atoms with van der Waals surface area (Å²) < 4.78 is 34.3. The van der Waals surface area contributed by atoms with Crippen molar-refractivity contribution in [2.45, 2.75) is 4.90 Å². The van der Waals surface area contributed by atoms with Crippen molar-refractivity contribution in [3.8, 4) is 28.4 Å². The van der Waals surface area contributed by atoms with Gasteiger partial charge in [-0.25, -0.2) is 8.42 Å². The molecule has 176 valence electrons. The van der Waals surface area contributed by atoms with Crippen LogP contribution in [-0.4, -0.2) is 25.7 Å². The van der Waals surface area contributed by atoms with Gasteiger partial charge in [0.2, 0.25) is 0 Å². The van der Waals surface area contributed by atoms with E-state index in [9.17, 15) is 18.6 Å². The molecule has 35 heavy (non-hydrogen) atoms. The van der Waals surface area contributed by atoms with E-state index in [1.165, 1.54) is 31.4 Å². The van der Waals surface area contributed by atoms with Gasteiger partial charge in [0.25, 0.3) is 10.0 Å². The van der Waals surface area contributed by atoms with Gasteiger partial charge < -0.3 is 14.9 Å². The lowest BCUT2D eigenvalue weighted by molar-refractivity contribution is 0.414. The number of benzene rings is 5. The van der Waals surface area contributed by atoms with Crippen molar-refractivity contribution < 1.29 is 23.4 Å². The SMILES string of the molecule is COc1ccc(S(=O)(=O)Nc2cc(-c3c(O)ccc4ccccc34)c(O)c3ccccc23)cc1Cl. The van der Waals surface area contributed by atoms with Gasteiger partial charge in [0.05, 0.1) is 22.7 Å². The molecule has 0 aliphatic carbocycles. The molecule has 5 rings (SSSR count). The molecule has 0 unspecified atom stereocenters. The molecule has 3 N–H and O–H groups in total. The number of halogens is 1. The van der Waals surface area contributed by atoms with Crippen LogP contribution in [0.25, 0.3) is 32.7 Å². The number of hydrogen-bond acceptors (Lipinski definition) is 5. The fourth-order valence-electron chi connectivity index (χ4n) is 4.20. The van der Waals surface area contributed by atoms with Crippen LogP contribution >= 0.6 is 11.6 Å². The van der Waals surface area contributed by atoms with Gasteiger partial charge in [-0.1, -0.05) is 66.2 Å². The molecule has 0 saturated heterocycles. The molecule has 0 atom stereocenters. The van der Waals surface area contributed by atoms with Crippen molar-refractivity contribution in [1.82, 2.24) is 0 Å². The Morgan fingerprint density at radius 2 is 1.51 bits per heavy atom. The van der Waals surface area contributed by atoms with Crippen LogP contribution < -0.4 is 9.46 Å². The third kappa shape index (κ3) is 3.99. The maximum absolute atomic E-state index is 13.3. The number of methoxy groups -OCH3 is 1. The second-order valence-corrected chi connectivity index (χ2v) is 10.0. The Morgan fingerprint density at radius 1 is 0.829 bits per heavy atom. The largest absolute Gasteiger partial charge is 0.507 e. The number of ether oxygens (including phenoxy) is 1. The molecule has 0 aromatic heterocycles. The summed E-state index contributed by atoms with van der Waals surface area (Å²) in [5, 5.41) is 24.6. The summed E-state index contributed by atoms with van der Waals surface area (Å²) in [5.74, 6) is 0.252. The van der Waals surface area contributed by atoms with Crippen LogP contribution in [0.2, 0.25) is 5.02 Å². The van der Waals surface area contributed by atoms with Gasteiger partial charge >= 0.3 is 0 Å². The number of phenolic OH excluding ortho intramolecular Hbond substituents is 2. The van der Waals surface area contributed by atoms with Gasteiger partial charge in [-0.3, -0.25) is 4.72 Å². The van der Waals surface area contributed by atoms with Crippen molar-refractivity contribution in [3.63, 3.8) is 0 Å². The van der Waals surface area contributed by atoms with Crippen molar-refractivity contribution in [2.75, 3.05) is 11.8 Å². The summed E-state index contributed by atoms with van der Waals surface area (Å²) in [6.45, 7) is 0. The minimum atomic E-state index is -4.05.